The van der Waals surface area contributed by atoms with Gasteiger partial charge in [0.25, 0.3) is 0 Å². The molecule has 1 unspecified atom stereocenters. The second-order valence-corrected chi connectivity index (χ2v) is 6.83. The van der Waals surface area contributed by atoms with Gasteiger partial charge < -0.3 is 10.1 Å². The molecule has 1 N–H and O–H groups in total. The van der Waals surface area contributed by atoms with Crippen molar-refractivity contribution in [2.45, 2.75) is 45.5 Å². The summed E-state index contributed by atoms with van der Waals surface area (Å²) in [6.07, 6.45) is 0.483. The number of amides is 1. The molecular weight excluding hydrogens is 322 g/mol. The number of anilines is 1. The van der Waals surface area contributed by atoms with E-state index in [2.05, 4.69) is 5.32 Å². The predicted octanol–water partition coefficient (Wildman–Crippen LogP) is 4.05. The van der Waals surface area contributed by atoms with E-state index in [4.69, 9.17) is 16.3 Å². The number of aryl methyl sites for hydroxylation is 1. The van der Waals surface area contributed by atoms with Gasteiger partial charge >= 0.3 is 5.97 Å². The highest BCUT2D eigenvalue weighted by Crippen LogP contribution is 2.21. The van der Waals surface area contributed by atoms with Gasteiger partial charge in [0.1, 0.15) is 5.25 Å². The summed E-state index contributed by atoms with van der Waals surface area (Å²) in [6.45, 7) is 7.40. The quantitative estimate of drug-likeness (QED) is 0.759. The van der Waals surface area contributed by atoms with E-state index in [0.29, 0.717) is 11.4 Å². The van der Waals surface area contributed by atoms with Crippen LogP contribution in [0, 0.1) is 6.92 Å². The van der Waals surface area contributed by atoms with E-state index in [1.165, 1.54) is 11.8 Å². The highest BCUT2D eigenvalue weighted by atomic mass is 35.5. The minimum Gasteiger partial charge on any atom is -0.462 e. The summed E-state index contributed by atoms with van der Waals surface area (Å²) in [5.74, 6) is -0.211. The van der Waals surface area contributed by atoms with Crippen LogP contribution in [0.1, 0.15) is 32.8 Å². The zero-order valence-corrected chi connectivity index (χ0v) is 14.9. The van der Waals surface area contributed by atoms with Crippen molar-refractivity contribution in [1.82, 2.24) is 0 Å². The van der Waals surface area contributed by atoms with E-state index in [1.54, 1.807) is 18.2 Å². The van der Waals surface area contributed by atoms with Crippen molar-refractivity contribution in [3.05, 3.63) is 28.8 Å². The highest BCUT2D eigenvalue weighted by Gasteiger charge is 2.21. The van der Waals surface area contributed by atoms with Gasteiger partial charge in [-0.3, -0.25) is 9.59 Å². The first-order valence-corrected chi connectivity index (χ1v) is 8.64. The molecule has 0 aliphatic carbocycles. The largest absolute Gasteiger partial charge is 0.462 e. The molecule has 0 saturated heterocycles. The molecule has 0 saturated carbocycles. The standard InChI is InChI=1S/C16H22ClNO3S/c1-5-14(16(20)21-10(2)3)22-9-15(19)18-13-7-6-12(17)8-11(13)4/h6-8,10,14H,5,9H2,1-4H3,(H,18,19). The summed E-state index contributed by atoms with van der Waals surface area (Å²) in [4.78, 5) is 23.9. The molecule has 1 aromatic carbocycles. The fraction of sp³-hybridized carbons (Fsp3) is 0.500. The maximum atomic E-state index is 12.0. The van der Waals surface area contributed by atoms with Crippen molar-refractivity contribution < 1.29 is 14.3 Å². The van der Waals surface area contributed by atoms with E-state index in [0.717, 1.165) is 11.3 Å². The van der Waals surface area contributed by atoms with Crippen LogP contribution in [0.15, 0.2) is 18.2 Å². The molecule has 1 amide bonds. The number of nitrogens with one attached hydrogen (secondary N) is 1. The number of thioether (sulfide) groups is 1. The number of halogens is 1. The van der Waals surface area contributed by atoms with Crippen LogP contribution in [0.3, 0.4) is 0 Å². The third kappa shape index (κ3) is 6.28. The molecule has 122 valence electrons. The summed E-state index contributed by atoms with van der Waals surface area (Å²) < 4.78 is 5.18. The third-order valence-electron chi connectivity index (χ3n) is 2.86. The van der Waals surface area contributed by atoms with Gasteiger partial charge in [0.05, 0.1) is 11.9 Å². The van der Waals surface area contributed by atoms with Gasteiger partial charge in [-0.2, -0.15) is 0 Å². The Kier molecular flexibility index (Phi) is 7.76. The van der Waals surface area contributed by atoms with Gasteiger partial charge in [-0.25, -0.2) is 0 Å². The Labute approximate surface area is 140 Å². The average Bonchev–Trinajstić information content (AvgIpc) is 2.42. The summed E-state index contributed by atoms with van der Waals surface area (Å²) in [7, 11) is 0. The van der Waals surface area contributed by atoms with Gasteiger partial charge in [-0.15, -0.1) is 11.8 Å². The fourth-order valence-electron chi connectivity index (χ4n) is 1.79. The minimum absolute atomic E-state index is 0.146. The molecule has 0 radical (unpaired) electrons. The number of ether oxygens (including phenoxy) is 1. The lowest BCUT2D eigenvalue weighted by atomic mass is 10.2. The van der Waals surface area contributed by atoms with E-state index in [1.807, 2.05) is 27.7 Å². The van der Waals surface area contributed by atoms with Crippen LogP contribution >= 0.6 is 23.4 Å². The summed E-state index contributed by atoms with van der Waals surface area (Å²) in [5, 5.41) is 3.14. The molecular formula is C16H22ClNO3S. The second-order valence-electron chi connectivity index (χ2n) is 5.20. The molecule has 0 heterocycles. The normalized spacial score (nSPS) is 12.1. The van der Waals surface area contributed by atoms with Crippen LogP contribution in [0.5, 0.6) is 0 Å². The number of benzene rings is 1. The summed E-state index contributed by atoms with van der Waals surface area (Å²) in [6, 6.07) is 5.29. The van der Waals surface area contributed by atoms with Crippen LogP contribution in [-0.4, -0.2) is 29.0 Å². The number of hydrogen-bond acceptors (Lipinski definition) is 4. The number of carbonyl (C=O) groups is 2. The molecule has 0 aliphatic rings. The predicted molar refractivity (Wildman–Crippen MR) is 92.6 cm³/mol. The summed E-state index contributed by atoms with van der Waals surface area (Å²) in [5.41, 5.74) is 1.63. The van der Waals surface area contributed by atoms with Crippen LogP contribution < -0.4 is 5.32 Å². The Bertz CT molecular complexity index is 534. The Balaban J connectivity index is 2.52. The van der Waals surface area contributed by atoms with Gasteiger partial charge in [0.2, 0.25) is 5.91 Å². The monoisotopic (exact) mass is 343 g/mol. The first-order valence-electron chi connectivity index (χ1n) is 7.21. The van der Waals surface area contributed by atoms with Crippen molar-refractivity contribution in [3.63, 3.8) is 0 Å². The summed E-state index contributed by atoms with van der Waals surface area (Å²) >= 11 is 7.18. The lowest BCUT2D eigenvalue weighted by molar-refractivity contribution is -0.146. The van der Waals surface area contributed by atoms with E-state index in [-0.39, 0.29) is 29.0 Å². The number of esters is 1. The van der Waals surface area contributed by atoms with E-state index in [9.17, 15) is 9.59 Å². The smallest absolute Gasteiger partial charge is 0.319 e. The average molecular weight is 344 g/mol. The minimum atomic E-state index is -0.320. The molecule has 0 aromatic heterocycles. The first kappa shape index (κ1) is 18.8. The first-order chi connectivity index (χ1) is 10.3. The van der Waals surface area contributed by atoms with Crippen molar-refractivity contribution in [2.75, 3.05) is 11.1 Å². The molecule has 1 atom stereocenters. The topological polar surface area (TPSA) is 55.4 Å². The Morgan fingerprint density at radius 2 is 2.05 bits per heavy atom. The van der Waals surface area contributed by atoms with Gasteiger partial charge in [-0.05, 0) is 51.0 Å². The van der Waals surface area contributed by atoms with Gasteiger partial charge in [0.15, 0.2) is 0 Å². The Hall–Kier alpha value is -1.20. The molecule has 6 heteroatoms. The molecule has 0 aliphatic heterocycles. The Morgan fingerprint density at radius 1 is 1.36 bits per heavy atom. The van der Waals surface area contributed by atoms with Crippen molar-refractivity contribution in [2.24, 2.45) is 0 Å². The van der Waals surface area contributed by atoms with Crippen molar-refractivity contribution in [3.8, 4) is 0 Å². The molecule has 0 bridgehead atoms. The molecule has 4 nitrogen and oxygen atoms in total. The maximum Gasteiger partial charge on any atom is 0.319 e. The van der Waals surface area contributed by atoms with Crippen LogP contribution in [-0.2, 0) is 14.3 Å². The zero-order chi connectivity index (χ0) is 16.7. The molecule has 0 spiro atoms. The molecule has 1 rings (SSSR count). The Morgan fingerprint density at radius 3 is 2.59 bits per heavy atom. The van der Waals surface area contributed by atoms with Crippen LogP contribution in [0.25, 0.3) is 0 Å². The van der Waals surface area contributed by atoms with Crippen molar-refractivity contribution >= 4 is 40.9 Å². The zero-order valence-electron chi connectivity index (χ0n) is 13.3. The SMILES string of the molecule is CCC(SCC(=O)Nc1ccc(Cl)cc1C)C(=O)OC(C)C. The van der Waals surface area contributed by atoms with Crippen LogP contribution in [0.2, 0.25) is 5.02 Å². The molecule has 1 aromatic rings. The lowest BCUT2D eigenvalue weighted by Gasteiger charge is -2.16. The van der Waals surface area contributed by atoms with E-state index < -0.39 is 0 Å². The number of rotatable bonds is 7. The molecule has 0 fully saturated rings. The maximum absolute atomic E-state index is 12.0. The highest BCUT2D eigenvalue weighted by molar-refractivity contribution is 8.01. The number of carbonyl (C=O) groups excluding carboxylic acids is 2. The van der Waals surface area contributed by atoms with E-state index >= 15 is 0 Å². The van der Waals surface area contributed by atoms with Crippen LogP contribution in [0.4, 0.5) is 5.69 Å². The third-order valence-corrected chi connectivity index (χ3v) is 4.46. The number of hydrogen-bond donors (Lipinski definition) is 1. The fourth-order valence-corrected chi connectivity index (χ4v) is 2.87. The molecule has 22 heavy (non-hydrogen) atoms. The van der Waals surface area contributed by atoms with Gasteiger partial charge in [0, 0.05) is 10.7 Å². The second kappa shape index (κ2) is 9.06. The van der Waals surface area contributed by atoms with Gasteiger partial charge in [-0.1, -0.05) is 18.5 Å². The lowest BCUT2D eigenvalue weighted by Crippen LogP contribution is -2.25. The van der Waals surface area contributed by atoms with Crippen molar-refractivity contribution in [1.29, 1.82) is 0 Å².